The highest BCUT2D eigenvalue weighted by Crippen LogP contribution is 2.71. The topological polar surface area (TPSA) is 27.7 Å². The lowest BCUT2D eigenvalue weighted by Gasteiger charge is -2.43. The molecule has 3 saturated heterocycles. The molecule has 0 radical (unpaired) electrons. The van der Waals surface area contributed by atoms with Crippen molar-refractivity contribution in [1.82, 2.24) is 0 Å². The van der Waals surface area contributed by atoms with Crippen LogP contribution in [0.3, 0.4) is 0 Å². The van der Waals surface area contributed by atoms with E-state index >= 15 is 0 Å². The average molecular weight is 339 g/mol. The molecule has 20 heavy (non-hydrogen) atoms. The summed E-state index contributed by atoms with van der Waals surface area (Å²) < 4.78 is 18.3. The Hall–Kier alpha value is -0.340. The monoisotopic (exact) mass is 338 g/mol. The predicted octanol–water partition coefficient (Wildman–Crippen LogP) is 2.49. The van der Waals surface area contributed by atoms with Crippen molar-refractivity contribution in [1.29, 1.82) is 0 Å². The zero-order valence-corrected chi connectivity index (χ0v) is 13.3. The predicted molar refractivity (Wildman–Crippen MR) is 78.3 cm³/mol. The fourth-order valence-electron chi connectivity index (χ4n) is 5.25. The van der Waals surface area contributed by atoms with Crippen molar-refractivity contribution in [3.63, 3.8) is 0 Å². The smallest absolute Gasteiger partial charge is 0.190 e. The van der Waals surface area contributed by atoms with Gasteiger partial charge in [-0.05, 0) is 12.5 Å². The second-order valence-corrected chi connectivity index (χ2v) is 7.69. The molecule has 0 aromatic carbocycles. The summed E-state index contributed by atoms with van der Waals surface area (Å²) in [6, 6.07) is 0. The molecule has 3 heterocycles. The molecule has 4 aliphatic rings. The van der Waals surface area contributed by atoms with Crippen LogP contribution < -0.4 is 0 Å². The zero-order valence-electron chi connectivity index (χ0n) is 11.7. The molecule has 4 fully saturated rings. The number of hydrogen-bond acceptors (Lipinski definition) is 3. The first-order chi connectivity index (χ1) is 9.63. The number of halogens is 1. The van der Waals surface area contributed by atoms with Crippen LogP contribution in [-0.4, -0.2) is 35.5 Å². The number of methoxy groups -OCH3 is 1. The summed E-state index contributed by atoms with van der Waals surface area (Å²) in [7, 11) is 1.76. The van der Waals surface area contributed by atoms with Gasteiger partial charge < -0.3 is 14.2 Å². The van der Waals surface area contributed by atoms with Gasteiger partial charge in [0.1, 0.15) is 0 Å². The first-order valence-corrected chi connectivity index (χ1v) is 8.12. The lowest BCUT2D eigenvalue weighted by Crippen LogP contribution is -2.53. The molecule has 3 aliphatic heterocycles. The molecule has 108 valence electrons. The highest BCUT2D eigenvalue weighted by Gasteiger charge is 2.81. The number of rotatable bonds is 3. The van der Waals surface area contributed by atoms with Crippen LogP contribution in [0.25, 0.3) is 0 Å². The third-order valence-electron chi connectivity index (χ3n) is 5.87. The van der Waals surface area contributed by atoms with Crippen LogP contribution in [0.1, 0.15) is 19.8 Å². The van der Waals surface area contributed by atoms with Gasteiger partial charge in [0.25, 0.3) is 0 Å². The van der Waals surface area contributed by atoms with Crippen LogP contribution in [0, 0.1) is 30.1 Å². The van der Waals surface area contributed by atoms with Crippen molar-refractivity contribution in [2.75, 3.05) is 7.11 Å². The van der Waals surface area contributed by atoms with Crippen LogP contribution in [-0.2, 0) is 14.2 Å². The van der Waals surface area contributed by atoms with Crippen molar-refractivity contribution < 1.29 is 14.2 Å². The van der Waals surface area contributed by atoms with E-state index in [9.17, 15) is 0 Å². The molecule has 8 atom stereocenters. The fourth-order valence-corrected chi connectivity index (χ4v) is 6.23. The van der Waals surface area contributed by atoms with Crippen molar-refractivity contribution in [3.05, 3.63) is 12.2 Å². The fraction of sp³-hybridized carbons (Fsp3) is 0.750. The van der Waals surface area contributed by atoms with E-state index in [0.29, 0.717) is 11.8 Å². The minimum Gasteiger partial charge on any atom is -0.371 e. The quantitative estimate of drug-likeness (QED) is 0.584. The largest absolute Gasteiger partial charge is 0.371 e. The first-order valence-electron chi connectivity index (χ1n) is 7.33. The first kappa shape index (κ1) is 13.3. The second-order valence-electron chi connectivity index (χ2n) is 6.27. The van der Waals surface area contributed by atoms with Gasteiger partial charge in [0.05, 0.1) is 22.6 Å². The van der Waals surface area contributed by atoms with E-state index in [1.54, 1.807) is 7.11 Å². The van der Waals surface area contributed by atoms with E-state index in [1.165, 1.54) is 0 Å². The standard InChI is InChI=1S/C16H19BrO3/c1-4-6-7-9-12-10-8-11-14(19-10)13(12)16(18-3,20-11)15(9,17)5-2/h1,6-7,9-14H,5,8H2,2-3H3/b7-6-/t9-,10+,11-,12-,13-,14-,15+,16-/m1/s1. The molecule has 0 N–H and O–H groups in total. The van der Waals surface area contributed by atoms with Crippen LogP contribution >= 0.6 is 15.9 Å². The highest BCUT2D eigenvalue weighted by atomic mass is 79.9. The summed E-state index contributed by atoms with van der Waals surface area (Å²) in [5, 5.41) is 0. The van der Waals surface area contributed by atoms with Crippen molar-refractivity contribution >= 4 is 15.9 Å². The van der Waals surface area contributed by atoms with Crippen molar-refractivity contribution in [2.24, 2.45) is 17.8 Å². The molecule has 0 amide bonds. The van der Waals surface area contributed by atoms with Gasteiger partial charge >= 0.3 is 0 Å². The maximum atomic E-state index is 6.40. The van der Waals surface area contributed by atoms with Gasteiger partial charge in [-0.3, -0.25) is 0 Å². The molecular weight excluding hydrogens is 320 g/mol. The lowest BCUT2D eigenvalue weighted by atomic mass is 9.76. The number of alkyl halides is 1. The van der Waals surface area contributed by atoms with Crippen molar-refractivity contribution in [3.8, 4) is 12.3 Å². The van der Waals surface area contributed by atoms with E-state index in [1.807, 2.05) is 6.08 Å². The Bertz CT molecular complexity index is 510. The lowest BCUT2D eigenvalue weighted by molar-refractivity contribution is -0.235. The molecule has 0 unspecified atom stereocenters. The van der Waals surface area contributed by atoms with E-state index in [4.69, 9.17) is 20.6 Å². The molecule has 4 heteroatoms. The zero-order chi connectivity index (χ0) is 14.1. The molecule has 0 aromatic rings. The average Bonchev–Trinajstić information content (AvgIpc) is 3.10. The van der Waals surface area contributed by atoms with Gasteiger partial charge in [-0.15, -0.1) is 6.42 Å². The van der Waals surface area contributed by atoms with E-state index in [2.05, 4.69) is 34.9 Å². The van der Waals surface area contributed by atoms with E-state index in [-0.39, 0.29) is 28.6 Å². The summed E-state index contributed by atoms with van der Waals surface area (Å²) in [4.78, 5) is 0. The van der Waals surface area contributed by atoms with Crippen molar-refractivity contribution in [2.45, 2.75) is 48.2 Å². The van der Waals surface area contributed by atoms with Gasteiger partial charge in [-0.25, -0.2) is 0 Å². The number of hydrogen-bond donors (Lipinski definition) is 0. The van der Waals surface area contributed by atoms with Gasteiger partial charge in [0, 0.05) is 31.3 Å². The molecular formula is C16H19BrO3. The third-order valence-corrected chi connectivity index (χ3v) is 7.51. The highest BCUT2D eigenvalue weighted by molar-refractivity contribution is 9.10. The maximum absolute atomic E-state index is 6.40. The molecule has 3 nitrogen and oxygen atoms in total. The number of terminal acetylenes is 1. The SMILES string of the molecule is C#C/C=C\[C@@H]1[C@H]2[C@@H]3[C@@H]4O[C@H]2C[C@H]4O[C@@]3(OC)[C@]1(Br)CC. The minimum atomic E-state index is -0.587. The Morgan fingerprint density at radius 1 is 1.50 bits per heavy atom. The molecule has 0 aromatic heterocycles. The summed E-state index contributed by atoms with van der Waals surface area (Å²) in [5.41, 5.74) is 0. The molecule has 2 bridgehead atoms. The Kier molecular flexibility index (Phi) is 2.74. The summed E-state index contributed by atoms with van der Waals surface area (Å²) in [5.74, 6) is 3.05. The normalized spacial score (nSPS) is 58.7. The van der Waals surface area contributed by atoms with Crippen LogP contribution in [0.5, 0.6) is 0 Å². The van der Waals surface area contributed by atoms with Gasteiger partial charge in [0.15, 0.2) is 5.79 Å². The van der Waals surface area contributed by atoms with Gasteiger partial charge in [-0.2, -0.15) is 0 Å². The van der Waals surface area contributed by atoms with Crippen LogP contribution in [0.2, 0.25) is 0 Å². The Morgan fingerprint density at radius 2 is 2.30 bits per heavy atom. The number of ether oxygens (including phenoxy) is 3. The molecule has 1 saturated carbocycles. The number of allylic oxidation sites excluding steroid dienone is 2. The van der Waals surface area contributed by atoms with E-state index in [0.717, 1.165) is 12.8 Å². The van der Waals surface area contributed by atoms with Crippen LogP contribution in [0.4, 0.5) is 0 Å². The number of fused-ring (bicyclic) bond motifs is 2. The van der Waals surface area contributed by atoms with E-state index < -0.39 is 5.79 Å². The Morgan fingerprint density at radius 3 is 2.95 bits per heavy atom. The van der Waals surface area contributed by atoms with Crippen LogP contribution in [0.15, 0.2) is 12.2 Å². The minimum absolute atomic E-state index is 0.192. The Balaban J connectivity index is 1.87. The molecule has 4 rings (SSSR count). The summed E-state index contributed by atoms with van der Waals surface area (Å²) >= 11 is 3.99. The maximum Gasteiger partial charge on any atom is 0.190 e. The molecule has 0 spiro atoms. The van der Waals surface area contributed by atoms with Gasteiger partial charge in [-0.1, -0.05) is 34.9 Å². The summed E-state index contributed by atoms with van der Waals surface area (Å²) in [6.07, 6.45) is 12.0. The Labute approximate surface area is 128 Å². The molecule has 1 aliphatic carbocycles. The third kappa shape index (κ3) is 1.21. The second kappa shape index (κ2) is 4.10. The van der Waals surface area contributed by atoms with Gasteiger partial charge in [0.2, 0.25) is 0 Å². The summed E-state index contributed by atoms with van der Waals surface area (Å²) in [6.45, 7) is 2.18.